The summed E-state index contributed by atoms with van der Waals surface area (Å²) in [5.41, 5.74) is 6.47. The normalized spacial score (nSPS) is 12.1. The molecule has 94 valence electrons. The maximum absolute atomic E-state index is 10.7. The van der Waals surface area contributed by atoms with Crippen LogP contribution in [0, 0.1) is 5.92 Å². The molecule has 0 heterocycles. The van der Waals surface area contributed by atoms with Crippen LogP contribution >= 0.6 is 11.8 Å². The zero-order valence-electron chi connectivity index (χ0n) is 9.97. The first-order valence-corrected chi connectivity index (χ1v) is 6.41. The van der Waals surface area contributed by atoms with Crippen LogP contribution in [0.15, 0.2) is 23.1 Å². The van der Waals surface area contributed by atoms with Gasteiger partial charge in [-0.3, -0.25) is 4.79 Å². The number of ether oxygens (including phenoxy) is 1. The lowest BCUT2D eigenvalue weighted by atomic mass is 10.2. The van der Waals surface area contributed by atoms with Gasteiger partial charge in [-0.05, 0) is 25.1 Å². The second-order valence-electron chi connectivity index (χ2n) is 3.68. The molecule has 0 saturated carbocycles. The van der Waals surface area contributed by atoms with Crippen LogP contribution in [-0.2, 0) is 4.79 Å². The van der Waals surface area contributed by atoms with E-state index in [0.717, 1.165) is 10.6 Å². The van der Waals surface area contributed by atoms with Crippen molar-refractivity contribution in [2.45, 2.75) is 18.7 Å². The largest absolute Gasteiger partial charge is 0.494 e. The monoisotopic (exact) mass is 255 g/mol. The summed E-state index contributed by atoms with van der Waals surface area (Å²) in [6.45, 7) is 4.19. The molecule has 0 aromatic heterocycles. The molecule has 1 atom stereocenters. The Morgan fingerprint density at radius 3 is 2.88 bits per heavy atom. The predicted octanol–water partition coefficient (Wildman–Crippen LogP) is 2.48. The van der Waals surface area contributed by atoms with Crippen molar-refractivity contribution in [3.05, 3.63) is 18.2 Å². The van der Waals surface area contributed by atoms with E-state index < -0.39 is 11.9 Å². The average Bonchev–Trinajstić information content (AvgIpc) is 2.29. The van der Waals surface area contributed by atoms with E-state index in [2.05, 4.69) is 0 Å². The summed E-state index contributed by atoms with van der Waals surface area (Å²) in [7, 11) is 0. The molecule has 1 aromatic carbocycles. The van der Waals surface area contributed by atoms with E-state index in [1.807, 2.05) is 19.1 Å². The lowest BCUT2D eigenvalue weighted by molar-refractivity contribution is -0.140. The number of benzene rings is 1. The van der Waals surface area contributed by atoms with Gasteiger partial charge in [0, 0.05) is 16.3 Å². The number of nitrogens with two attached hydrogens (primary N) is 1. The van der Waals surface area contributed by atoms with E-state index in [9.17, 15) is 4.79 Å². The van der Waals surface area contributed by atoms with Crippen molar-refractivity contribution in [1.29, 1.82) is 0 Å². The van der Waals surface area contributed by atoms with Crippen LogP contribution in [0.3, 0.4) is 0 Å². The van der Waals surface area contributed by atoms with Crippen molar-refractivity contribution in [2.75, 3.05) is 18.1 Å². The maximum atomic E-state index is 10.7. The van der Waals surface area contributed by atoms with E-state index in [-0.39, 0.29) is 0 Å². The molecule has 1 rings (SSSR count). The summed E-state index contributed by atoms with van der Waals surface area (Å²) < 4.78 is 5.37. The van der Waals surface area contributed by atoms with Gasteiger partial charge in [-0.2, -0.15) is 0 Å². The Morgan fingerprint density at radius 2 is 2.29 bits per heavy atom. The van der Waals surface area contributed by atoms with E-state index in [1.54, 1.807) is 13.0 Å². The van der Waals surface area contributed by atoms with Gasteiger partial charge in [0.2, 0.25) is 0 Å². The summed E-state index contributed by atoms with van der Waals surface area (Å²) in [6, 6.07) is 5.43. The molecule has 5 heteroatoms. The minimum absolute atomic E-state index is 0.393. The quantitative estimate of drug-likeness (QED) is 0.603. The number of rotatable bonds is 6. The van der Waals surface area contributed by atoms with Crippen molar-refractivity contribution in [1.82, 2.24) is 0 Å². The molecular weight excluding hydrogens is 238 g/mol. The standard InChI is InChI=1S/C12H17NO3S/c1-3-16-9-4-5-10(13)11(6-9)17-7-8(2)12(14)15/h4-6,8H,3,7,13H2,1-2H3,(H,14,15). The molecular formula is C12H17NO3S. The van der Waals surface area contributed by atoms with Gasteiger partial charge in [0.15, 0.2) is 0 Å². The lowest BCUT2D eigenvalue weighted by Gasteiger charge is -2.10. The minimum atomic E-state index is -0.794. The summed E-state index contributed by atoms with van der Waals surface area (Å²) in [6.07, 6.45) is 0. The summed E-state index contributed by atoms with van der Waals surface area (Å²) in [5.74, 6) is 0.0640. The second kappa shape index (κ2) is 6.39. The zero-order chi connectivity index (χ0) is 12.8. The first-order valence-electron chi connectivity index (χ1n) is 5.42. The van der Waals surface area contributed by atoms with Gasteiger partial charge in [-0.15, -0.1) is 11.8 Å². The van der Waals surface area contributed by atoms with Crippen LogP contribution in [0.4, 0.5) is 5.69 Å². The van der Waals surface area contributed by atoms with Crippen molar-refractivity contribution in [3.63, 3.8) is 0 Å². The van der Waals surface area contributed by atoms with Gasteiger partial charge in [0.25, 0.3) is 0 Å². The van der Waals surface area contributed by atoms with E-state index >= 15 is 0 Å². The minimum Gasteiger partial charge on any atom is -0.494 e. The van der Waals surface area contributed by atoms with Gasteiger partial charge in [-0.1, -0.05) is 6.92 Å². The van der Waals surface area contributed by atoms with Crippen LogP contribution in [0.2, 0.25) is 0 Å². The molecule has 4 nitrogen and oxygen atoms in total. The van der Waals surface area contributed by atoms with Crippen molar-refractivity contribution in [2.24, 2.45) is 5.92 Å². The molecule has 0 aliphatic heterocycles. The van der Waals surface area contributed by atoms with E-state index in [4.69, 9.17) is 15.6 Å². The molecule has 0 saturated heterocycles. The number of aliphatic carboxylic acids is 1. The van der Waals surface area contributed by atoms with Gasteiger partial charge < -0.3 is 15.6 Å². The molecule has 0 aliphatic rings. The molecule has 0 bridgehead atoms. The third-order valence-corrected chi connectivity index (χ3v) is 3.54. The number of hydrogen-bond acceptors (Lipinski definition) is 4. The first kappa shape index (κ1) is 13.7. The Bertz CT molecular complexity index is 395. The van der Waals surface area contributed by atoms with E-state index in [0.29, 0.717) is 18.0 Å². The SMILES string of the molecule is CCOc1ccc(N)c(SCC(C)C(=O)O)c1. The third-order valence-electron chi connectivity index (χ3n) is 2.21. The number of anilines is 1. The smallest absolute Gasteiger partial charge is 0.307 e. The highest BCUT2D eigenvalue weighted by Crippen LogP contribution is 2.30. The Hall–Kier alpha value is -1.36. The maximum Gasteiger partial charge on any atom is 0.307 e. The number of hydrogen-bond donors (Lipinski definition) is 2. The van der Waals surface area contributed by atoms with Gasteiger partial charge in [0.05, 0.1) is 12.5 Å². The average molecular weight is 255 g/mol. The summed E-state index contributed by atoms with van der Waals surface area (Å²) >= 11 is 1.44. The molecule has 3 N–H and O–H groups in total. The second-order valence-corrected chi connectivity index (χ2v) is 4.74. The lowest BCUT2D eigenvalue weighted by Crippen LogP contribution is -2.11. The molecule has 0 spiro atoms. The number of thioether (sulfide) groups is 1. The topological polar surface area (TPSA) is 72.5 Å². The Morgan fingerprint density at radius 1 is 1.59 bits per heavy atom. The van der Waals surface area contributed by atoms with Crippen molar-refractivity contribution >= 4 is 23.4 Å². The molecule has 17 heavy (non-hydrogen) atoms. The van der Waals surface area contributed by atoms with Gasteiger partial charge in [0.1, 0.15) is 5.75 Å². The highest BCUT2D eigenvalue weighted by molar-refractivity contribution is 7.99. The van der Waals surface area contributed by atoms with Gasteiger partial charge in [-0.25, -0.2) is 0 Å². The van der Waals surface area contributed by atoms with Crippen LogP contribution < -0.4 is 10.5 Å². The third kappa shape index (κ3) is 4.19. The molecule has 0 amide bonds. The van der Waals surface area contributed by atoms with Crippen LogP contribution in [0.1, 0.15) is 13.8 Å². The van der Waals surface area contributed by atoms with Crippen LogP contribution in [0.25, 0.3) is 0 Å². The van der Waals surface area contributed by atoms with Crippen LogP contribution in [-0.4, -0.2) is 23.4 Å². The zero-order valence-corrected chi connectivity index (χ0v) is 10.8. The highest BCUT2D eigenvalue weighted by Gasteiger charge is 2.12. The number of carboxylic acids is 1. The number of carbonyl (C=O) groups is 1. The summed E-state index contributed by atoms with van der Waals surface area (Å²) in [4.78, 5) is 11.6. The first-order chi connectivity index (χ1) is 8.04. The predicted molar refractivity (Wildman–Crippen MR) is 69.5 cm³/mol. The van der Waals surface area contributed by atoms with Gasteiger partial charge >= 0.3 is 5.97 Å². The molecule has 1 unspecified atom stereocenters. The molecule has 0 radical (unpaired) electrons. The Labute approximate surface area is 105 Å². The molecule has 0 fully saturated rings. The Balaban J connectivity index is 2.69. The fourth-order valence-corrected chi connectivity index (χ4v) is 2.19. The summed E-state index contributed by atoms with van der Waals surface area (Å²) in [5, 5.41) is 8.80. The number of nitrogen functional groups attached to an aromatic ring is 1. The molecule has 0 aliphatic carbocycles. The number of carboxylic acid groups (broad SMARTS) is 1. The highest BCUT2D eigenvalue weighted by atomic mass is 32.2. The fourth-order valence-electron chi connectivity index (χ4n) is 1.18. The fraction of sp³-hybridized carbons (Fsp3) is 0.417. The molecule has 1 aromatic rings. The Kier molecular flexibility index (Phi) is 5.15. The van der Waals surface area contributed by atoms with Crippen molar-refractivity contribution < 1.29 is 14.6 Å². The van der Waals surface area contributed by atoms with Crippen LogP contribution in [0.5, 0.6) is 5.75 Å². The van der Waals surface area contributed by atoms with Crippen molar-refractivity contribution in [3.8, 4) is 5.75 Å². The van der Waals surface area contributed by atoms with E-state index in [1.165, 1.54) is 11.8 Å².